The van der Waals surface area contributed by atoms with Crippen LogP contribution in [-0.2, 0) is 9.53 Å². The maximum Gasteiger partial charge on any atom is 0.332 e. The van der Waals surface area contributed by atoms with Crippen molar-refractivity contribution >= 4 is 23.3 Å². The van der Waals surface area contributed by atoms with E-state index in [1.165, 1.54) is 6.08 Å². The van der Waals surface area contributed by atoms with Crippen LogP contribution < -0.4 is 15.3 Å². The van der Waals surface area contributed by atoms with Crippen molar-refractivity contribution in [2.24, 2.45) is 0 Å². The number of esters is 1. The summed E-state index contributed by atoms with van der Waals surface area (Å²) < 4.78 is 10.6. The summed E-state index contributed by atoms with van der Waals surface area (Å²) in [5.74, 6) is 0.0374. The van der Waals surface area contributed by atoms with E-state index in [-0.39, 0.29) is 12.2 Å². The predicted octanol–water partition coefficient (Wildman–Crippen LogP) is 3.00. The Morgan fingerprint density at radius 3 is 2.67 bits per heavy atom. The summed E-state index contributed by atoms with van der Waals surface area (Å²) in [6, 6.07) is 3.47. The highest BCUT2D eigenvalue weighted by molar-refractivity contribution is 6.29. The Morgan fingerprint density at radius 2 is 2.00 bits per heavy atom. The largest absolute Gasteiger partial charge is 0.475 e. The lowest BCUT2D eigenvalue weighted by Gasteiger charge is -2.21. The minimum absolute atomic E-state index is 0.00250. The van der Waals surface area contributed by atoms with E-state index in [1.807, 2.05) is 13.8 Å². The molecule has 1 aliphatic rings. The van der Waals surface area contributed by atoms with Gasteiger partial charge in [-0.2, -0.15) is 0 Å². The van der Waals surface area contributed by atoms with Crippen LogP contribution in [-0.4, -0.2) is 28.2 Å². The zero-order valence-corrected chi connectivity index (χ0v) is 14.8. The van der Waals surface area contributed by atoms with Gasteiger partial charge in [0.25, 0.3) is 0 Å². The summed E-state index contributed by atoms with van der Waals surface area (Å²) >= 11 is 6.04. The first kappa shape index (κ1) is 18.1. The number of pyridine rings is 1. The van der Waals surface area contributed by atoms with Crippen LogP contribution in [0.5, 0.6) is 5.88 Å². The van der Waals surface area contributed by atoms with Gasteiger partial charge in [-0.05, 0) is 27.7 Å². The van der Waals surface area contributed by atoms with Gasteiger partial charge in [-0.1, -0.05) is 11.6 Å². The molecule has 0 unspecified atom stereocenters. The SMILES string of the molecule is CC(C)OC(=O)/C=C\N1C=CN(c2cc(Cl)nc(OC(C)C)c2)N1. The van der Waals surface area contributed by atoms with Crippen molar-refractivity contribution in [1.29, 1.82) is 0 Å². The minimum Gasteiger partial charge on any atom is -0.475 e. The molecule has 7 nitrogen and oxygen atoms in total. The van der Waals surface area contributed by atoms with Crippen LogP contribution in [0.3, 0.4) is 0 Å². The summed E-state index contributed by atoms with van der Waals surface area (Å²) in [6.07, 6.45) is 6.28. The Bertz CT molecular complexity index is 646. The molecule has 0 radical (unpaired) electrons. The van der Waals surface area contributed by atoms with Crippen molar-refractivity contribution in [2.45, 2.75) is 39.9 Å². The lowest BCUT2D eigenvalue weighted by Crippen LogP contribution is -2.36. The number of hydrogen-bond donors (Lipinski definition) is 1. The molecule has 1 aromatic heterocycles. The number of rotatable bonds is 6. The molecule has 0 atom stereocenters. The molecule has 0 saturated carbocycles. The highest BCUT2D eigenvalue weighted by Crippen LogP contribution is 2.25. The fraction of sp³-hybridized carbons (Fsp3) is 0.375. The van der Waals surface area contributed by atoms with E-state index in [2.05, 4.69) is 10.5 Å². The van der Waals surface area contributed by atoms with Crippen molar-refractivity contribution < 1.29 is 14.3 Å². The van der Waals surface area contributed by atoms with Crippen LogP contribution >= 0.6 is 11.6 Å². The molecule has 0 amide bonds. The van der Waals surface area contributed by atoms with Crippen LogP contribution in [0.15, 0.2) is 36.8 Å². The van der Waals surface area contributed by atoms with E-state index in [0.717, 1.165) is 5.69 Å². The first-order valence-corrected chi connectivity index (χ1v) is 7.96. The zero-order valence-electron chi connectivity index (χ0n) is 14.1. The number of ether oxygens (including phenoxy) is 2. The van der Waals surface area contributed by atoms with Crippen LogP contribution in [0, 0.1) is 0 Å². The van der Waals surface area contributed by atoms with E-state index < -0.39 is 5.97 Å². The summed E-state index contributed by atoms with van der Waals surface area (Å²) in [5, 5.41) is 3.66. The van der Waals surface area contributed by atoms with Gasteiger partial charge in [0.2, 0.25) is 5.88 Å². The quantitative estimate of drug-likeness (QED) is 0.479. The van der Waals surface area contributed by atoms with Gasteiger partial charge in [-0.25, -0.2) is 9.78 Å². The number of nitrogens with zero attached hydrogens (tertiary/aromatic N) is 3. The highest BCUT2D eigenvalue weighted by Gasteiger charge is 2.15. The molecule has 0 fully saturated rings. The average Bonchev–Trinajstić information content (AvgIpc) is 2.92. The lowest BCUT2D eigenvalue weighted by atomic mass is 10.4. The van der Waals surface area contributed by atoms with Crippen molar-refractivity contribution in [2.75, 3.05) is 5.01 Å². The number of carbonyl (C=O) groups is 1. The van der Waals surface area contributed by atoms with Gasteiger partial charge in [-0.3, -0.25) is 10.0 Å². The second-order valence-electron chi connectivity index (χ2n) is 5.63. The van der Waals surface area contributed by atoms with Gasteiger partial charge in [-0.15, -0.1) is 5.53 Å². The third-order valence-electron chi connectivity index (χ3n) is 2.71. The van der Waals surface area contributed by atoms with Gasteiger partial charge < -0.3 is 9.47 Å². The van der Waals surface area contributed by atoms with Crippen molar-refractivity contribution in [3.8, 4) is 5.88 Å². The van der Waals surface area contributed by atoms with E-state index in [9.17, 15) is 4.79 Å². The molecule has 0 aliphatic carbocycles. The first-order valence-electron chi connectivity index (χ1n) is 7.58. The van der Waals surface area contributed by atoms with Gasteiger partial charge in [0, 0.05) is 36.8 Å². The van der Waals surface area contributed by atoms with Crippen LogP contribution in [0.1, 0.15) is 27.7 Å². The summed E-state index contributed by atoms with van der Waals surface area (Å²) in [6.45, 7) is 7.43. The first-order chi connectivity index (χ1) is 11.3. The number of anilines is 1. The number of halogens is 1. The maximum atomic E-state index is 11.5. The molecule has 130 valence electrons. The number of nitrogens with one attached hydrogen (secondary N) is 1. The second kappa shape index (κ2) is 8.03. The molecule has 24 heavy (non-hydrogen) atoms. The van der Waals surface area contributed by atoms with Crippen molar-refractivity contribution in [3.05, 3.63) is 42.0 Å². The molecular formula is C16H21ClN4O3. The van der Waals surface area contributed by atoms with E-state index in [0.29, 0.717) is 11.0 Å². The fourth-order valence-corrected chi connectivity index (χ4v) is 2.07. The topological polar surface area (TPSA) is 66.9 Å². The van der Waals surface area contributed by atoms with Crippen LogP contribution in [0.25, 0.3) is 0 Å². The maximum absolute atomic E-state index is 11.5. The summed E-state index contributed by atoms with van der Waals surface area (Å²) in [7, 11) is 0. The molecule has 2 heterocycles. The third kappa shape index (κ3) is 5.43. The van der Waals surface area contributed by atoms with E-state index >= 15 is 0 Å². The Labute approximate surface area is 146 Å². The van der Waals surface area contributed by atoms with E-state index in [4.69, 9.17) is 21.1 Å². The number of hydrazine groups is 2. The van der Waals surface area contributed by atoms with Gasteiger partial charge >= 0.3 is 5.97 Å². The summed E-state index contributed by atoms with van der Waals surface area (Å²) in [4.78, 5) is 15.6. The Balaban J connectivity index is 2.01. The molecule has 0 spiro atoms. The fourth-order valence-electron chi connectivity index (χ4n) is 1.87. The molecular weight excluding hydrogens is 332 g/mol. The van der Waals surface area contributed by atoms with Crippen LogP contribution in [0.2, 0.25) is 5.15 Å². The van der Waals surface area contributed by atoms with Gasteiger partial charge in [0.15, 0.2) is 0 Å². The molecule has 0 aromatic carbocycles. The summed E-state index contributed by atoms with van der Waals surface area (Å²) in [5.41, 5.74) is 3.80. The van der Waals surface area contributed by atoms with Gasteiger partial charge in [0.05, 0.1) is 17.9 Å². The lowest BCUT2D eigenvalue weighted by molar-refractivity contribution is -0.141. The Kier molecular flexibility index (Phi) is 6.05. The van der Waals surface area contributed by atoms with Crippen molar-refractivity contribution in [1.82, 2.24) is 15.5 Å². The smallest absolute Gasteiger partial charge is 0.332 e. The molecule has 1 N–H and O–H groups in total. The van der Waals surface area contributed by atoms with Gasteiger partial charge in [0.1, 0.15) is 5.15 Å². The van der Waals surface area contributed by atoms with Crippen molar-refractivity contribution in [3.63, 3.8) is 0 Å². The normalized spacial score (nSPS) is 14.3. The Morgan fingerprint density at radius 1 is 1.25 bits per heavy atom. The second-order valence-corrected chi connectivity index (χ2v) is 6.02. The molecule has 1 aromatic rings. The Hall–Kier alpha value is -2.25. The van der Waals surface area contributed by atoms with E-state index in [1.54, 1.807) is 54.6 Å². The molecule has 1 aliphatic heterocycles. The molecule has 0 bridgehead atoms. The number of aromatic nitrogens is 1. The number of hydrogen-bond acceptors (Lipinski definition) is 7. The monoisotopic (exact) mass is 352 g/mol. The standard InChI is InChI=1S/C16H21ClN4O3/c1-11(2)23-15-10-13(9-14(17)18-15)21-8-7-20(19-21)6-5-16(22)24-12(3)4/h5-12,19H,1-4H3/b6-5-. The number of carbonyl (C=O) groups excluding carboxylic acids is 1. The molecule has 2 rings (SSSR count). The zero-order chi connectivity index (χ0) is 17.7. The average molecular weight is 353 g/mol. The molecule has 8 heteroatoms. The minimum atomic E-state index is -0.404. The van der Waals surface area contributed by atoms with Crippen LogP contribution in [0.4, 0.5) is 5.69 Å². The predicted molar refractivity (Wildman–Crippen MR) is 92.0 cm³/mol. The highest BCUT2D eigenvalue weighted by atomic mass is 35.5. The third-order valence-corrected chi connectivity index (χ3v) is 2.91. The molecule has 0 saturated heterocycles.